The van der Waals surface area contributed by atoms with Gasteiger partial charge in [-0.3, -0.25) is 4.79 Å². The fourth-order valence-corrected chi connectivity index (χ4v) is 4.19. The highest BCUT2D eigenvalue weighted by molar-refractivity contribution is 5.78. The van der Waals surface area contributed by atoms with Crippen LogP contribution in [0, 0.1) is 11.8 Å². The fourth-order valence-electron chi connectivity index (χ4n) is 4.19. The number of hydrogen-bond acceptors (Lipinski definition) is 10. The van der Waals surface area contributed by atoms with Crippen molar-refractivity contribution < 1.29 is 14.3 Å². The van der Waals surface area contributed by atoms with Crippen molar-refractivity contribution in [3.05, 3.63) is 54.1 Å². The number of carbonyl (C=O) groups excluding carboxylic acids is 1. The van der Waals surface area contributed by atoms with Gasteiger partial charge in [-0.15, -0.1) is 0 Å². The molecule has 2 unspecified atom stereocenters. The summed E-state index contributed by atoms with van der Waals surface area (Å²) in [6.45, 7) is 8.83. The van der Waals surface area contributed by atoms with Crippen molar-refractivity contribution in [1.29, 1.82) is 0 Å². The van der Waals surface area contributed by atoms with Gasteiger partial charge in [0.2, 0.25) is 23.8 Å². The molecule has 0 spiro atoms. The summed E-state index contributed by atoms with van der Waals surface area (Å²) in [5, 5.41) is 12.8. The van der Waals surface area contributed by atoms with E-state index in [1.54, 1.807) is 0 Å². The van der Waals surface area contributed by atoms with Gasteiger partial charge < -0.3 is 36.5 Å². The molecule has 1 aromatic carbocycles. The van der Waals surface area contributed by atoms with E-state index in [0.717, 1.165) is 43.6 Å². The molecule has 2 aromatic rings. The first-order chi connectivity index (χ1) is 20.1. The molecule has 2 atom stereocenters. The molecular weight excluding hydrogens is 520 g/mol. The number of allylic oxidation sites excluding steroid dienone is 4. The van der Waals surface area contributed by atoms with Crippen LogP contribution in [0.25, 0.3) is 0 Å². The van der Waals surface area contributed by atoms with Gasteiger partial charge >= 0.3 is 0 Å². The van der Waals surface area contributed by atoms with Crippen LogP contribution >= 0.6 is 0 Å². The maximum atomic E-state index is 12.3. The first-order valence-electron chi connectivity index (χ1n) is 14.6. The normalized spacial score (nSPS) is 16.0. The summed E-state index contributed by atoms with van der Waals surface area (Å²) < 4.78 is 10.7. The highest BCUT2D eigenvalue weighted by atomic mass is 16.5. The van der Waals surface area contributed by atoms with E-state index in [1.807, 2.05) is 24.3 Å². The quantitative estimate of drug-likeness (QED) is 0.150. The summed E-state index contributed by atoms with van der Waals surface area (Å²) in [4.78, 5) is 26.0. The Morgan fingerprint density at radius 2 is 1.56 bits per heavy atom. The SMILES string of the molecule is CCCCNc1nc(NCCC2C=CC=CC2C)nc(Nc2ccc(CC(=O)NCCOCCOCCN)cc2)n1. The second-order valence-electron chi connectivity index (χ2n) is 9.96. The highest BCUT2D eigenvalue weighted by Gasteiger charge is 2.14. The molecule has 1 aliphatic carbocycles. The second-order valence-corrected chi connectivity index (χ2v) is 9.96. The summed E-state index contributed by atoms with van der Waals surface area (Å²) in [6.07, 6.45) is 12.1. The number of nitrogens with two attached hydrogens (primary N) is 1. The van der Waals surface area contributed by atoms with Crippen LogP contribution in [0.4, 0.5) is 23.5 Å². The minimum atomic E-state index is -0.0567. The Kier molecular flexibility index (Phi) is 14.6. The molecule has 1 aliphatic rings. The molecule has 1 amide bonds. The number of amides is 1. The molecule has 11 nitrogen and oxygen atoms in total. The molecule has 1 heterocycles. The van der Waals surface area contributed by atoms with Crippen molar-refractivity contribution in [2.45, 2.75) is 39.5 Å². The van der Waals surface area contributed by atoms with E-state index in [9.17, 15) is 4.79 Å². The van der Waals surface area contributed by atoms with Crippen LogP contribution in [0.3, 0.4) is 0 Å². The first-order valence-corrected chi connectivity index (χ1v) is 14.6. The van der Waals surface area contributed by atoms with Crippen molar-refractivity contribution in [3.63, 3.8) is 0 Å². The Balaban J connectivity index is 1.49. The lowest BCUT2D eigenvalue weighted by molar-refractivity contribution is -0.120. The van der Waals surface area contributed by atoms with E-state index in [1.165, 1.54) is 0 Å². The summed E-state index contributed by atoms with van der Waals surface area (Å²) >= 11 is 0. The Morgan fingerprint density at radius 3 is 2.27 bits per heavy atom. The van der Waals surface area contributed by atoms with Crippen LogP contribution in [0.1, 0.15) is 38.7 Å². The Morgan fingerprint density at radius 1 is 0.878 bits per heavy atom. The van der Waals surface area contributed by atoms with Gasteiger partial charge in [-0.1, -0.05) is 56.7 Å². The largest absolute Gasteiger partial charge is 0.378 e. The second kappa shape index (κ2) is 18.7. The standard InChI is InChI=1S/C30H46N8O3/c1-3-4-15-33-28-36-29(34-16-13-25-8-6-5-7-23(25)2)38-30(37-28)35-26-11-9-24(10-12-26)22-27(39)32-17-19-41-21-20-40-18-14-31/h5-12,23,25H,3-4,13-22,31H2,1-2H3,(H,32,39)(H3,33,34,35,36,37,38). The van der Waals surface area contributed by atoms with Crippen molar-refractivity contribution in [3.8, 4) is 0 Å². The van der Waals surface area contributed by atoms with E-state index in [2.05, 4.69) is 74.4 Å². The summed E-state index contributed by atoms with van der Waals surface area (Å²) in [5.41, 5.74) is 7.10. The molecule has 0 fully saturated rings. The predicted molar refractivity (Wildman–Crippen MR) is 164 cm³/mol. The lowest BCUT2D eigenvalue weighted by Crippen LogP contribution is -2.29. The molecule has 1 aromatic heterocycles. The van der Waals surface area contributed by atoms with Crippen LogP contribution in [0.2, 0.25) is 0 Å². The minimum Gasteiger partial charge on any atom is -0.378 e. The van der Waals surface area contributed by atoms with Crippen LogP contribution in [0.5, 0.6) is 0 Å². The van der Waals surface area contributed by atoms with E-state index in [-0.39, 0.29) is 12.3 Å². The van der Waals surface area contributed by atoms with Crippen LogP contribution in [0.15, 0.2) is 48.6 Å². The molecule has 0 saturated carbocycles. The van der Waals surface area contributed by atoms with E-state index in [0.29, 0.717) is 69.2 Å². The number of benzene rings is 1. The van der Waals surface area contributed by atoms with Gasteiger partial charge in [0.15, 0.2) is 0 Å². The van der Waals surface area contributed by atoms with Gasteiger partial charge in [-0.25, -0.2) is 0 Å². The Bertz CT molecular complexity index is 1090. The molecule has 11 heteroatoms. The van der Waals surface area contributed by atoms with Gasteiger partial charge in [0, 0.05) is 31.9 Å². The number of aromatic nitrogens is 3. The van der Waals surface area contributed by atoms with Crippen molar-refractivity contribution in [2.75, 3.05) is 68.6 Å². The zero-order valence-corrected chi connectivity index (χ0v) is 24.4. The lowest BCUT2D eigenvalue weighted by atomic mass is 9.87. The van der Waals surface area contributed by atoms with E-state index in [4.69, 9.17) is 15.2 Å². The number of carbonyl (C=O) groups is 1. The monoisotopic (exact) mass is 566 g/mol. The lowest BCUT2D eigenvalue weighted by Gasteiger charge is -2.20. The van der Waals surface area contributed by atoms with E-state index < -0.39 is 0 Å². The molecule has 0 aliphatic heterocycles. The first kappa shape index (κ1) is 32.0. The number of rotatable bonds is 20. The average Bonchev–Trinajstić information content (AvgIpc) is 2.97. The molecule has 3 rings (SSSR count). The summed E-state index contributed by atoms with van der Waals surface area (Å²) in [6, 6.07) is 7.67. The third-order valence-corrected chi connectivity index (χ3v) is 6.55. The van der Waals surface area contributed by atoms with Gasteiger partial charge in [-0.05, 0) is 42.4 Å². The van der Waals surface area contributed by atoms with Gasteiger partial charge in [0.05, 0.1) is 32.8 Å². The Hall–Kier alpha value is -3.54. The molecule has 6 N–H and O–H groups in total. The highest BCUT2D eigenvalue weighted by Crippen LogP contribution is 2.22. The molecule has 224 valence electrons. The maximum Gasteiger partial charge on any atom is 0.233 e. The van der Waals surface area contributed by atoms with Gasteiger partial charge in [-0.2, -0.15) is 15.0 Å². The number of unbranched alkanes of at least 4 members (excludes halogenated alkanes) is 1. The maximum absolute atomic E-state index is 12.3. The zero-order chi connectivity index (χ0) is 29.1. The van der Waals surface area contributed by atoms with Crippen molar-refractivity contribution in [2.24, 2.45) is 17.6 Å². The zero-order valence-electron chi connectivity index (χ0n) is 24.4. The smallest absolute Gasteiger partial charge is 0.233 e. The molecular formula is C30H46N8O3. The van der Waals surface area contributed by atoms with Crippen LogP contribution in [-0.2, 0) is 20.7 Å². The van der Waals surface area contributed by atoms with Crippen LogP contribution in [-0.4, -0.2) is 73.5 Å². The van der Waals surface area contributed by atoms with Crippen molar-refractivity contribution in [1.82, 2.24) is 20.3 Å². The van der Waals surface area contributed by atoms with E-state index >= 15 is 0 Å². The third kappa shape index (κ3) is 12.7. The molecule has 0 radical (unpaired) electrons. The number of hydrogen-bond donors (Lipinski definition) is 5. The third-order valence-electron chi connectivity index (χ3n) is 6.55. The predicted octanol–water partition coefficient (Wildman–Crippen LogP) is 3.66. The van der Waals surface area contributed by atoms with Crippen molar-refractivity contribution >= 4 is 29.4 Å². The average molecular weight is 567 g/mol. The van der Waals surface area contributed by atoms with Gasteiger partial charge in [0.25, 0.3) is 0 Å². The van der Waals surface area contributed by atoms with Gasteiger partial charge in [0.1, 0.15) is 0 Å². The summed E-state index contributed by atoms with van der Waals surface area (Å²) in [5.74, 6) is 2.48. The number of anilines is 4. The Labute approximate surface area is 243 Å². The number of ether oxygens (including phenoxy) is 2. The molecule has 0 bridgehead atoms. The number of nitrogens with one attached hydrogen (secondary N) is 4. The summed E-state index contributed by atoms with van der Waals surface area (Å²) in [7, 11) is 0. The van der Waals surface area contributed by atoms with Crippen LogP contribution < -0.4 is 27.0 Å². The number of nitrogens with zero attached hydrogens (tertiary/aromatic N) is 3. The molecule has 41 heavy (non-hydrogen) atoms. The fraction of sp³-hybridized carbons (Fsp3) is 0.533. The topological polar surface area (TPSA) is 148 Å². The minimum absolute atomic E-state index is 0.0567. The molecule has 0 saturated heterocycles.